The number of rotatable bonds is 5. The normalized spacial score (nSPS) is 10.2. The van der Waals surface area contributed by atoms with Gasteiger partial charge in [0.2, 0.25) is 5.91 Å². The lowest BCUT2D eigenvalue weighted by Gasteiger charge is -2.03. The van der Waals surface area contributed by atoms with Gasteiger partial charge >= 0.3 is 0 Å². The number of nitrogens with one attached hydrogen (secondary N) is 1. The molecule has 1 aromatic heterocycles. The van der Waals surface area contributed by atoms with Crippen molar-refractivity contribution >= 4 is 22.4 Å². The minimum atomic E-state index is -0.0787. The second-order valence-electron chi connectivity index (χ2n) is 5.62. The molecule has 2 aromatic carbocycles. The van der Waals surface area contributed by atoms with Crippen LogP contribution >= 0.6 is 11.3 Å². The molecule has 0 spiro atoms. The zero-order valence-corrected chi connectivity index (χ0v) is 14.6. The van der Waals surface area contributed by atoms with E-state index in [1.54, 1.807) is 12.1 Å². The van der Waals surface area contributed by atoms with Crippen molar-refractivity contribution in [1.29, 1.82) is 5.26 Å². The minimum absolute atomic E-state index is 0.0787. The molecule has 0 radical (unpaired) electrons. The molecule has 0 saturated carbocycles. The van der Waals surface area contributed by atoms with Crippen LogP contribution in [-0.4, -0.2) is 10.9 Å². The van der Waals surface area contributed by atoms with Gasteiger partial charge in [-0.25, -0.2) is 4.98 Å². The summed E-state index contributed by atoms with van der Waals surface area (Å²) >= 11 is 1.39. The molecule has 4 nitrogen and oxygen atoms in total. The number of carbonyl (C=O) groups is 1. The molecule has 5 heteroatoms. The Bertz CT molecular complexity index is 905. The predicted octanol–water partition coefficient (Wildman–Crippen LogP) is 4.43. The van der Waals surface area contributed by atoms with E-state index in [-0.39, 0.29) is 5.91 Å². The van der Waals surface area contributed by atoms with Crippen LogP contribution in [0.25, 0.3) is 11.3 Å². The summed E-state index contributed by atoms with van der Waals surface area (Å²) in [6.45, 7) is 2.11. The lowest BCUT2D eigenvalue weighted by molar-refractivity contribution is -0.115. The zero-order chi connectivity index (χ0) is 17.6. The first-order valence-electron chi connectivity index (χ1n) is 8.01. The molecule has 25 heavy (non-hydrogen) atoms. The van der Waals surface area contributed by atoms with E-state index in [2.05, 4.69) is 35.4 Å². The fraction of sp³-hybridized carbons (Fsp3) is 0.150. The number of hydrogen-bond acceptors (Lipinski definition) is 4. The van der Waals surface area contributed by atoms with E-state index in [0.717, 1.165) is 23.2 Å². The predicted molar refractivity (Wildman–Crippen MR) is 100 cm³/mol. The van der Waals surface area contributed by atoms with Crippen LogP contribution in [0.15, 0.2) is 53.9 Å². The first-order valence-corrected chi connectivity index (χ1v) is 8.89. The Hall–Kier alpha value is -2.97. The monoisotopic (exact) mass is 347 g/mol. The van der Waals surface area contributed by atoms with Crippen LogP contribution in [0, 0.1) is 11.3 Å². The van der Waals surface area contributed by atoms with Gasteiger partial charge in [-0.3, -0.25) is 4.79 Å². The summed E-state index contributed by atoms with van der Waals surface area (Å²) in [5.74, 6) is -0.0787. The van der Waals surface area contributed by atoms with E-state index in [0.29, 0.717) is 17.1 Å². The number of thiazole rings is 1. The van der Waals surface area contributed by atoms with Crippen molar-refractivity contribution in [3.05, 3.63) is 70.6 Å². The highest BCUT2D eigenvalue weighted by molar-refractivity contribution is 7.14. The van der Waals surface area contributed by atoms with Gasteiger partial charge in [-0.2, -0.15) is 5.26 Å². The lowest BCUT2D eigenvalue weighted by atomic mass is 10.1. The number of anilines is 1. The molecule has 0 atom stereocenters. The second-order valence-corrected chi connectivity index (χ2v) is 6.48. The molecular weight excluding hydrogens is 330 g/mol. The molecule has 0 bridgehead atoms. The van der Waals surface area contributed by atoms with Gasteiger partial charge in [0, 0.05) is 10.9 Å². The SMILES string of the molecule is CCc1ccc(CC(=O)Nc2nc(-c3ccc(C#N)cc3)cs2)cc1. The maximum absolute atomic E-state index is 12.2. The summed E-state index contributed by atoms with van der Waals surface area (Å²) in [4.78, 5) is 16.6. The Morgan fingerprint density at radius 1 is 1.12 bits per heavy atom. The van der Waals surface area contributed by atoms with Gasteiger partial charge in [0.05, 0.1) is 23.7 Å². The minimum Gasteiger partial charge on any atom is -0.302 e. The summed E-state index contributed by atoms with van der Waals surface area (Å²) in [5, 5.41) is 14.2. The Morgan fingerprint density at radius 3 is 2.44 bits per heavy atom. The van der Waals surface area contributed by atoms with Gasteiger partial charge in [-0.15, -0.1) is 11.3 Å². The smallest absolute Gasteiger partial charge is 0.230 e. The second kappa shape index (κ2) is 7.73. The number of carbonyl (C=O) groups excluding carboxylic acids is 1. The topological polar surface area (TPSA) is 65.8 Å². The fourth-order valence-corrected chi connectivity index (χ4v) is 3.16. The summed E-state index contributed by atoms with van der Waals surface area (Å²) in [5.41, 5.74) is 4.57. The van der Waals surface area contributed by atoms with Crippen LogP contribution in [0.1, 0.15) is 23.6 Å². The van der Waals surface area contributed by atoms with E-state index in [9.17, 15) is 4.79 Å². The molecule has 0 saturated heterocycles. The molecule has 1 amide bonds. The third-order valence-electron chi connectivity index (χ3n) is 3.86. The largest absolute Gasteiger partial charge is 0.302 e. The van der Waals surface area contributed by atoms with Crippen LogP contribution in [0.4, 0.5) is 5.13 Å². The van der Waals surface area contributed by atoms with E-state index < -0.39 is 0 Å². The molecule has 3 aromatic rings. The standard InChI is InChI=1S/C20H17N3OS/c1-2-14-3-5-15(6-4-14)11-19(24)23-20-22-18(13-25-20)17-9-7-16(12-21)8-10-17/h3-10,13H,2,11H2,1H3,(H,22,23,24). The van der Waals surface area contributed by atoms with Crippen LogP contribution in [0.3, 0.4) is 0 Å². The van der Waals surface area contributed by atoms with E-state index >= 15 is 0 Å². The summed E-state index contributed by atoms with van der Waals surface area (Å²) in [6.07, 6.45) is 1.32. The van der Waals surface area contributed by atoms with Gasteiger partial charge < -0.3 is 5.32 Å². The zero-order valence-electron chi connectivity index (χ0n) is 13.8. The van der Waals surface area contributed by atoms with Crippen molar-refractivity contribution < 1.29 is 4.79 Å². The Balaban J connectivity index is 1.63. The molecule has 1 N–H and O–H groups in total. The van der Waals surface area contributed by atoms with E-state index in [1.165, 1.54) is 16.9 Å². The van der Waals surface area contributed by atoms with Crippen LogP contribution in [-0.2, 0) is 17.6 Å². The highest BCUT2D eigenvalue weighted by atomic mass is 32.1. The first kappa shape index (κ1) is 16.9. The molecule has 0 fully saturated rings. The molecule has 124 valence electrons. The highest BCUT2D eigenvalue weighted by Gasteiger charge is 2.09. The van der Waals surface area contributed by atoms with Crippen molar-refractivity contribution in [2.75, 3.05) is 5.32 Å². The number of hydrogen-bond donors (Lipinski definition) is 1. The summed E-state index contributed by atoms with van der Waals surface area (Å²) < 4.78 is 0. The molecule has 0 aliphatic rings. The van der Waals surface area contributed by atoms with Crippen molar-refractivity contribution in [2.45, 2.75) is 19.8 Å². The molecule has 0 aliphatic carbocycles. The van der Waals surface area contributed by atoms with Gasteiger partial charge in [-0.05, 0) is 29.7 Å². The van der Waals surface area contributed by atoms with Crippen LogP contribution in [0.2, 0.25) is 0 Å². The van der Waals surface area contributed by atoms with Gasteiger partial charge in [0.15, 0.2) is 5.13 Å². The lowest BCUT2D eigenvalue weighted by Crippen LogP contribution is -2.14. The Morgan fingerprint density at radius 2 is 1.80 bits per heavy atom. The molecular formula is C20H17N3OS. The number of nitrogens with zero attached hydrogens (tertiary/aromatic N) is 2. The summed E-state index contributed by atoms with van der Waals surface area (Å²) in [7, 11) is 0. The molecule has 0 aliphatic heterocycles. The third-order valence-corrected chi connectivity index (χ3v) is 4.61. The highest BCUT2D eigenvalue weighted by Crippen LogP contribution is 2.25. The Labute approximate surface area is 150 Å². The Kier molecular flexibility index (Phi) is 5.22. The molecule has 1 heterocycles. The van der Waals surface area contributed by atoms with Crippen molar-refractivity contribution in [2.24, 2.45) is 0 Å². The first-order chi connectivity index (χ1) is 12.2. The van der Waals surface area contributed by atoms with Gasteiger partial charge in [0.25, 0.3) is 0 Å². The van der Waals surface area contributed by atoms with Crippen LogP contribution in [0.5, 0.6) is 0 Å². The molecule has 3 rings (SSSR count). The quantitative estimate of drug-likeness (QED) is 0.743. The van der Waals surface area contributed by atoms with Crippen LogP contribution < -0.4 is 5.32 Å². The third kappa shape index (κ3) is 4.31. The van der Waals surface area contributed by atoms with Crippen molar-refractivity contribution in [1.82, 2.24) is 4.98 Å². The van der Waals surface area contributed by atoms with E-state index in [4.69, 9.17) is 5.26 Å². The van der Waals surface area contributed by atoms with E-state index in [1.807, 2.05) is 29.6 Å². The average molecular weight is 347 g/mol. The maximum Gasteiger partial charge on any atom is 0.230 e. The number of benzene rings is 2. The summed E-state index contributed by atoms with van der Waals surface area (Å²) in [6, 6.07) is 17.4. The van der Waals surface area contributed by atoms with Gasteiger partial charge in [0.1, 0.15) is 0 Å². The van der Waals surface area contributed by atoms with Crippen molar-refractivity contribution in [3.8, 4) is 17.3 Å². The maximum atomic E-state index is 12.2. The average Bonchev–Trinajstić information content (AvgIpc) is 3.10. The molecule has 0 unspecified atom stereocenters. The number of nitriles is 1. The van der Waals surface area contributed by atoms with Gasteiger partial charge in [-0.1, -0.05) is 43.3 Å². The fourth-order valence-electron chi connectivity index (χ4n) is 2.42. The number of aryl methyl sites for hydroxylation is 1. The number of aromatic nitrogens is 1. The van der Waals surface area contributed by atoms with Crippen molar-refractivity contribution in [3.63, 3.8) is 0 Å². The number of amides is 1.